The van der Waals surface area contributed by atoms with Crippen molar-refractivity contribution in [3.63, 3.8) is 0 Å². The number of morpholine rings is 1. The Morgan fingerprint density at radius 2 is 1.79 bits per heavy atom. The lowest BCUT2D eigenvalue weighted by molar-refractivity contribution is -0.119. The summed E-state index contributed by atoms with van der Waals surface area (Å²) in [7, 11) is 0. The van der Waals surface area contributed by atoms with Gasteiger partial charge in [0.15, 0.2) is 0 Å². The smallest absolute Gasteiger partial charge is 0.271 e. The van der Waals surface area contributed by atoms with E-state index in [4.69, 9.17) is 10.5 Å². The zero-order valence-corrected chi connectivity index (χ0v) is 18.7. The van der Waals surface area contributed by atoms with Gasteiger partial charge >= 0.3 is 0 Å². The minimum Gasteiger partial charge on any atom is -0.373 e. The molecule has 3 atom stereocenters. The highest BCUT2D eigenvalue weighted by atomic mass is 19.1. The molecule has 8 nitrogen and oxygen atoms in total. The summed E-state index contributed by atoms with van der Waals surface area (Å²) in [4.78, 5) is 27.3. The molecule has 0 radical (unpaired) electrons. The van der Waals surface area contributed by atoms with Crippen LogP contribution < -0.4 is 16.1 Å². The van der Waals surface area contributed by atoms with Gasteiger partial charge in [0.05, 0.1) is 17.9 Å². The van der Waals surface area contributed by atoms with Gasteiger partial charge in [-0.05, 0) is 49.7 Å². The van der Waals surface area contributed by atoms with E-state index >= 15 is 0 Å². The largest absolute Gasteiger partial charge is 0.373 e. The van der Waals surface area contributed by atoms with E-state index in [1.807, 2.05) is 24.3 Å². The Morgan fingerprint density at radius 1 is 1.12 bits per heavy atom. The zero-order valence-electron chi connectivity index (χ0n) is 18.7. The number of carbonyl (C=O) groups excluding carboxylic acids is 2. The van der Waals surface area contributed by atoms with E-state index in [1.54, 1.807) is 0 Å². The molecule has 9 heteroatoms. The van der Waals surface area contributed by atoms with Crippen molar-refractivity contribution in [1.82, 2.24) is 4.90 Å². The second-order valence-corrected chi connectivity index (χ2v) is 8.55. The summed E-state index contributed by atoms with van der Waals surface area (Å²) in [6, 6.07) is 12.3. The lowest BCUT2D eigenvalue weighted by atomic mass is 10.1. The van der Waals surface area contributed by atoms with Crippen LogP contribution in [0.25, 0.3) is 0 Å². The van der Waals surface area contributed by atoms with Gasteiger partial charge in [-0.25, -0.2) is 4.39 Å². The van der Waals surface area contributed by atoms with Crippen molar-refractivity contribution in [2.75, 3.05) is 23.4 Å². The van der Waals surface area contributed by atoms with Crippen molar-refractivity contribution in [3.05, 3.63) is 59.9 Å². The van der Waals surface area contributed by atoms with Gasteiger partial charge in [-0.3, -0.25) is 19.5 Å². The van der Waals surface area contributed by atoms with Crippen molar-refractivity contribution < 1.29 is 18.7 Å². The highest BCUT2D eigenvalue weighted by Gasteiger charge is 2.35. The van der Waals surface area contributed by atoms with Crippen molar-refractivity contribution >= 4 is 28.9 Å². The number of hydrazone groups is 1. The van der Waals surface area contributed by atoms with Crippen LogP contribution in [-0.4, -0.2) is 53.8 Å². The van der Waals surface area contributed by atoms with Crippen molar-refractivity contribution in [2.24, 2.45) is 10.8 Å². The summed E-state index contributed by atoms with van der Waals surface area (Å²) in [6.45, 7) is 6.40. The number of carbonyl (C=O) groups is 2. The average Bonchev–Trinajstić information content (AvgIpc) is 3.21. The highest BCUT2D eigenvalue weighted by Crippen LogP contribution is 2.26. The number of nitrogens with one attached hydrogen (secondary N) is 1. The molecule has 2 aliphatic heterocycles. The first-order valence-electron chi connectivity index (χ1n) is 11.0. The van der Waals surface area contributed by atoms with E-state index < -0.39 is 23.7 Å². The number of amides is 2. The minimum absolute atomic E-state index is 0.0687. The molecule has 2 aliphatic rings. The molecule has 0 saturated carbocycles. The van der Waals surface area contributed by atoms with Gasteiger partial charge < -0.3 is 15.8 Å². The molecule has 2 heterocycles. The molecule has 3 unspecified atom stereocenters. The predicted molar refractivity (Wildman–Crippen MR) is 124 cm³/mol. The number of nitrogens with zero attached hydrogens (tertiary/aromatic N) is 3. The van der Waals surface area contributed by atoms with Crippen molar-refractivity contribution in [2.45, 2.75) is 45.1 Å². The molecule has 0 aliphatic carbocycles. The van der Waals surface area contributed by atoms with E-state index in [9.17, 15) is 14.0 Å². The third kappa shape index (κ3) is 5.37. The Bertz CT molecular complexity index is 1050. The molecular weight excluding hydrogens is 425 g/mol. The Balaban J connectivity index is 1.50. The monoisotopic (exact) mass is 453 g/mol. The van der Waals surface area contributed by atoms with E-state index in [-0.39, 0.29) is 24.3 Å². The normalized spacial score (nSPS) is 23.3. The second kappa shape index (κ2) is 9.68. The van der Waals surface area contributed by atoms with Gasteiger partial charge in [0.25, 0.3) is 5.91 Å². The molecule has 0 bridgehead atoms. The molecule has 2 amide bonds. The summed E-state index contributed by atoms with van der Waals surface area (Å²) in [5, 5.41) is 8.65. The fourth-order valence-electron chi connectivity index (χ4n) is 4.33. The van der Waals surface area contributed by atoms with E-state index in [0.29, 0.717) is 17.9 Å². The molecule has 1 saturated heterocycles. The molecule has 2 aromatic rings. The first kappa shape index (κ1) is 22.9. The molecule has 3 N–H and O–H groups in total. The first-order chi connectivity index (χ1) is 15.8. The number of para-hydroxylation sites is 1. The number of nitrogens with two attached hydrogens (primary N) is 1. The quantitative estimate of drug-likeness (QED) is 0.700. The van der Waals surface area contributed by atoms with Crippen molar-refractivity contribution in [1.29, 1.82) is 0 Å². The molecule has 0 aromatic heterocycles. The topological polar surface area (TPSA) is 100 Å². The van der Waals surface area contributed by atoms with Crippen LogP contribution in [0.3, 0.4) is 0 Å². The number of hydrogen-bond acceptors (Lipinski definition) is 6. The number of ether oxygens (including phenoxy) is 1. The third-order valence-electron chi connectivity index (χ3n) is 5.75. The van der Waals surface area contributed by atoms with Gasteiger partial charge in [0, 0.05) is 31.7 Å². The zero-order chi connectivity index (χ0) is 23.5. The molecule has 0 spiro atoms. The first-order valence-corrected chi connectivity index (χ1v) is 11.0. The van der Waals surface area contributed by atoms with Crippen LogP contribution in [0.4, 0.5) is 15.8 Å². The van der Waals surface area contributed by atoms with E-state index in [1.165, 1.54) is 29.3 Å². The van der Waals surface area contributed by atoms with Crippen molar-refractivity contribution in [3.8, 4) is 0 Å². The lowest BCUT2D eigenvalue weighted by Crippen LogP contribution is -2.44. The summed E-state index contributed by atoms with van der Waals surface area (Å²) in [5.74, 6) is -1.42. The van der Waals surface area contributed by atoms with Gasteiger partial charge in [0.2, 0.25) is 5.91 Å². The van der Waals surface area contributed by atoms with E-state index in [2.05, 4.69) is 29.2 Å². The number of anilines is 2. The second-order valence-electron chi connectivity index (χ2n) is 8.55. The van der Waals surface area contributed by atoms with Crippen LogP contribution in [-0.2, 0) is 20.9 Å². The fraction of sp³-hybridized carbons (Fsp3) is 0.375. The SMILES string of the molecule is CC1CN(Cc2ccccc2NC(=O)C2=NN(c3ccc(F)cc3)C(C(N)=O)C2)CC(C)O1. The number of rotatable bonds is 6. The molecule has 1 fully saturated rings. The Kier molecular flexibility index (Phi) is 6.71. The van der Waals surface area contributed by atoms with Crippen LogP contribution in [0.2, 0.25) is 0 Å². The number of hydrogen-bond donors (Lipinski definition) is 2. The van der Waals surface area contributed by atoms with Crippen LogP contribution in [0, 0.1) is 5.82 Å². The number of halogens is 1. The Hall–Kier alpha value is -3.30. The average molecular weight is 454 g/mol. The summed E-state index contributed by atoms with van der Waals surface area (Å²) in [5.41, 5.74) is 7.88. The van der Waals surface area contributed by atoms with Crippen LogP contribution in [0.5, 0.6) is 0 Å². The van der Waals surface area contributed by atoms with Crippen LogP contribution in [0.15, 0.2) is 53.6 Å². The van der Waals surface area contributed by atoms with Gasteiger partial charge in [-0.2, -0.15) is 5.10 Å². The summed E-state index contributed by atoms with van der Waals surface area (Å²) in [6.07, 6.45) is 0.359. The van der Waals surface area contributed by atoms with Gasteiger partial charge in [-0.15, -0.1) is 0 Å². The summed E-state index contributed by atoms with van der Waals surface area (Å²) < 4.78 is 19.1. The fourth-order valence-corrected chi connectivity index (χ4v) is 4.33. The molecule has 33 heavy (non-hydrogen) atoms. The van der Waals surface area contributed by atoms with Gasteiger partial charge in [0.1, 0.15) is 17.6 Å². The third-order valence-corrected chi connectivity index (χ3v) is 5.75. The maximum atomic E-state index is 13.3. The maximum Gasteiger partial charge on any atom is 0.271 e. The predicted octanol–water partition coefficient (Wildman–Crippen LogP) is 2.49. The Morgan fingerprint density at radius 3 is 2.45 bits per heavy atom. The van der Waals surface area contributed by atoms with E-state index in [0.717, 1.165) is 18.7 Å². The number of benzene rings is 2. The lowest BCUT2D eigenvalue weighted by Gasteiger charge is -2.35. The van der Waals surface area contributed by atoms with Gasteiger partial charge in [-0.1, -0.05) is 18.2 Å². The molecule has 174 valence electrons. The van der Waals surface area contributed by atoms with Crippen LogP contribution in [0.1, 0.15) is 25.8 Å². The number of primary amides is 1. The Labute approximate surface area is 192 Å². The van der Waals surface area contributed by atoms with Crippen LogP contribution >= 0.6 is 0 Å². The molecule has 2 aromatic carbocycles. The standard InChI is InChI=1S/C24H28FN5O3/c1-15-12-29(13-16(2)33-15)14-17-5-3-4-6-20(17)27-24(32)21-11-22(23(26)31)30(28-21)19-9-7-18(25)8-10-19/h3-10,15-16,22H,11-14H2,1-2H3,(H2,26,31)(H,27,32). The molecule has 4 rings (SSSR count). The summed E-state index contributed by atoms with van der Waals surface area (Å²) >= 11 is 0. The minimum atomic E-state index is -0.817. The highest BCUT2D eigenvalue weighted by molar-refractivity contribution is 6.44. The maximum absolute atomic E-state index is 13.3. The molecular formula is C24H28FN5O3.